The summed E-state index contributed by atoms with van der Waals surface area (Å²) >= 11 is 7.93. The van der Waals surface area contributed by atoms with Crippen molar-refractivity contribution in [2.75, 3.05) is 12.0 Å². The minimum absolute atomic E-state index is 0.265. The van der Waals surface area contributed by atoms with Gasteiger partial charge in [-0.2, -0.15) is 11.8 Å². The summed E-state index contributed by atoms with van der Waals surface area (Å²) in [5, 5.41) is 9.50. The number of amides is 1. The van der Waals surface area contributed by atoms with Crippen LogP contribution >= 0.6 is 35.7 Å². The Morgan fingerprint density at radius 2 is 2.19 bits per heavy atom. The van der Waals surface area contributed by atoms with Gasteiger partial charge in [0.15, 0.2) is 0 Å². The van der Waals surface area contributed by atoms with Crippen molar-refractivity contribution in [3.8, 4) is 0 Å². The Balaban J connectivity index is 1.95. The molecule has 134 valence electrons. The molecule has 1 amide bonds. The van der Waals surface area contributed by atoms with E-state index in [9.17, 15) is 14.7 Å². The first-order chi connectivity index (χ1) is 12.5. The number of carbonyl (C=O) groups excluding carboxylic acids is 1. The Kier molecular flexibility index (Phi) is 5.90. The van der Waals surface area contributed by atoms with E-state index in [1.54, 1.807) is 18.5 Å². The molecule has 26 heavy (non-hydrogen) atoms. The number of carbonyl (C=O) groups is 2. The molecule has 1 aliphatic heterocycles. The Morgan fingerprint density at radius 3 is 2.92 bits per heavy atom. The van der Waals surface area contributed by atoms with Crippen molar-refractivity contribution in [3.63, 3.8) is 0 Å². The van der Waals surface area contributed by atoms with Gasteiger partial charge in [-0.3, -0.25) is 19.7 Å². The van der Waals surface area contributed by atoms with Crippen LogP contribution < -0.4 is 0 Å². The van der Waals surface area contributed by atoms with Gasteiger partial charge in [-0.15, -0.1) is 0 Å². The average Bonchev–Trinajstić information content (AvgIpc) is 2.90. The van der Waals surface area contributed by atoms with Gasteiger partial charge < -0.3 is 5.11 Å². The average molecular weight is 406 g/mol. The van der Waals surface area contributed by atoms with Crippen LogP contribution in [0.4, 0.5) is 0 Å². The van der Waals surface area contributed by atoms with E-state index in [2.05, 4.69) is 9.97 Å². The highest BCUT2D eigenvalue weighted by Gasteiger charge is 2.40. The number of para-hydroxylation sites is 1. The van der Waals surface area contributed by atoms with Crippen LogP contribution in [0, 0.1) is 0 Å². The highest BCUT2D eigenvalue weighted by molar-refractivity contribution is 8.26. The number of rotatable bonds is 6. The molecule has 3 rings (SSSR count). The van der Waals surface area contributed by atoms with Crippen LogP contribution in [0.15, 0.2) is 35.5 Å². The Hall–Kier alpha value is -1.97. The van der Waals surface area contributed by atoms with E-state index in [0.29, 0.717) is 22.6 Å². The molecule has 1 aliphatic rings. The SMILES string of the molecule is CSCC[C@H](C(=O)O)N1C(=O)/C(=C/c2cccc3nccnc23)SC1=S. The summed E-state index contributed by atoms with van der Waals surface area (Å²) in [7, 11) is 0. The topological polar surface area (TPSA) is 83.4 Å². The largest absolute Gasteiger partial charge is 0.480 e. The maximum atomic E-state index is 12.8. The van der Waals surface area contributed by atoms with Gasteiger partial charge >= 0.3 is 5.97 Å². The van der Waals surface area contributed by atoms with E-state index in [1.165, 1.54) is 16.7 Å². The van der Waals surface area contributed by atoms with Crippen molar-refractivity contribution in [1.29, 1.82) is 0 Å². The van der Waals surface area contributed by atoms with E-state index in [4.69, 9.17) is 12.2 Å². The fourth-order valence-corrected chi connectivity index (χ4v) is 4.42. The van der Waals surface area contributed by atoms with Crippen LogP contribution in [0.5, 0.6) is 0 Å². The summed E-state index contributed by atoms with van der Waals surface area (Å²) in [5.41, 5.74) is 2.14. The lowest BCUT2D eigenvalue weighted by Crippen LogP contribution is -2.44. The fourth-order valence-electron chi connectivity index (χ4n) is 2.61. The summed E-state index contributed by atoms with van der Waals surface area (Å²) in [6.07, 6.45) is 7.13. The van der Waals surface area contributed by atoms with Gasteiger partial charge in [0.05, 0.1) is 15.9 Å². The molecule has 0 radical (unpaired) electrons. The normalized spacial score (nSPS) is 17.3. The van der Waals surface area contributed by atoms with E-state index < -0.39 is 12.0 Å². The zero-order valence-electron chi connectivity index (χ0n) is 13.8. The highest BCUT2D eigenvalue weighted by Crippen LogP contribution is 2.35. The van der Waals surface area contributed by atoms with Crippen molar-refractivity contribution >= 4 is 69.0 Å². The molecule has 6 nitrogen and oxygen atoms in total. The number of benzene rings is 1. The number of carboxylic acids is 1. The van der Waals surface area contributed by atoms with Crippen LogP contribution in [-0.4, -0.2) is 54.2 Å². The fraction of sp³-hybridized carbons (Fsp3) is 0.235. The van der Waals surface area contributed by atoms with Crippen LogP contribution in [0.2, 0.25) is 0 Å². The zero-order chi connectivity index (χ0) is 18.7. The number of aliphatic carboxylic acids is 1. The molecule has 2 aromatic rings. The zero-order valence-corrected chi connectivity index (χ0v) is 16.2. The number of hydrogen-bond donors (Lipinski definition) is 1. The Labute approximate surface area is 164 Å². The monoisotopic (exact) mass is 405 g/mol. The molecule has 1 aromatic carbocycles. The van der Waals surface area contributed by atoms with Crippen LogP contribution in [0.3, 0.4) is 0 Å². The lowest BCUT2D eigenvalue weighted by molar-refractivity contribution is -0.145. The molecule has 1 saturated heterocycles. The van der Waals surface area contributed by atoms with Gasteiger partial charge in [0, 0.05) is 18.0 Å². The second kappa shape index (κ2) is 8.15. The van der Waals surface area contributed by atoms with Crippen molar-refractivity contribution < 1.29 is 14.7 Å². The quantitative estimate of drug-likeness (QED) is 0.580. The van der Waals surface area contributed by atoms with E-state index in [1.807, 2.05) is 24.5 Å². The van der Waals surface area contributed by atoms with Gasteiger partial charge in [-0.25, -0.2) is 4.79 Å². The van der Waals surface area contributed by atoms with Crippen LogP contribution in [0.25, 0.3) is 17.1 Å². The minimum Gasteiger partial charge on any atom is -0.480 e. The van der Waals surface area contributed by atoms with E-state index >= 15 is 0 Å². The van der Waals surface area contributed by atoms with Gasteiger partial charge in [0.2, 0.25) is 0 Å². The van der Waals surface area contributed by atoms with E-state index in [0.717, 1.165) is 22.8 Å². The molecule has 1 aromatic heterocycles. The molecule has 0 unspecified atom stereocenters. The molecule has 0 spiro atoms. The minimum atomic E-state index is -1.05. The van der Waals surface area contributed by atoms with Gasteiger partial charge in [0.25, 0.3) is 5.91 Å². The third-order valence-electron chi connectivity index (χ3n) is 3.83. The molecule has 0 bridgehead atoms. The predicted molar refractivity (Wildman–Crippen MR) is 109 cm³/mol. The molecule has 0 saturated carbocycles. The summed E-state index contributed by atoms with van der Waals surface area (Å²) in [4.78, 5) is 34.6. The van der Waals surface area contributed by atoms with Crippen LogP contribution in [0.1, 0.15) is 12.0 Å². The maximum absolute atomic E-state index is 12.8. The standard InChI is InChI=1S/C17H15N3O3S3/c1-25-8-5-12(16(22)23)20-15(21)13(26-17(20)24)9-10-3-2-4-11-14(10)19-7-6-18-11/h2-4,6-7,9,12H,5,8H2,1H3,(H,22,23)/b13-9-/t12-/m1/s1. The smallest absolute Gasteiger partial charge is 0.326 e. The lowest BCUT2D eigenvalue weighted by atomic mass is 10.1. The molecule has 1 atom stereocenters. The van der Waals surface area contributed by atoms with E-state index in [-0.39, 0.29) is 10.2 Å². The first-order valence-electron chi connectivity index (χ1n) is 7.71. The molecule has 0 aliphatic carbocycles. The predicted octanol–water partition coefficient (Wildman–Crippen LogP) is 3.04. The molecule has 2 heterocycles. The van der Waals surface area contributed by atoms with Gasteiger partial charge in [-0.05, 0) is 30.6 Å². The van der Waals surface area contributed by atoms with Crippen LogP contribution in [-0.2, 0) is 9.59 Å². The highest BCUT2D eigenvalue weighted by atomic mass is 32.2. The third kappa shape index (κ3) is 3.74. The molecule has 1 fully saturated rings. The van der Waals surface area contributed by atoms with Crippen molar-refractivity contribution in [1.82, 2.24) is 14.9 Å². The number of thiocarbonyl (C=S) groups is 1. The molecule has 9 heteroatoms. The number of carboxylic acid groups (broad SMARTS) is 1. The maximum Gasteiger partial charge on any atom is 0.326 e. The third-order valence-corrected chi connectivity index (χ3v) is 5.81. The van der Waals surface area contributed by atoms with Crippen molar-refractivity contribution in [2.45, 2.75) is 12.5 Å². The number of hydrogen-bond acceptors (Lipinski definition) is 7. The summed E-state index contributed by atoms with van der Waals surface area (Å²) in [5.74, 6) is -0.798. The van der Waals surface area contributed by atoms with Crippen molar-refractivity contribution in [2.24, 2.45) is 0 Å². The number of aromatic nitrogens is 2. The number of fused-ring (bicyclic) bond motifs is 1. The molecule has 1 N–H and O–H groups in total. The Bertz CT molecular complexity index is 911. The number of thioether (sulfide) groups is 2. The summed E-state index contributed by atoms with van der Waals surface area (Å²) in [6.45, 7) is 0. The number of nitrogens with zero attached hydrogens (tertiary/aromatic N) is 3. The second-order valence-corrected chi connectivity index (χ2v) is 8.12. The Morgan fingerprint density at radius 1 is 1.42 bits per heavy atom. The summed E-state index contributed by atoms with van der Waals surface area (Å²) < 4.78 is 0.265. The van der Waals surface area contributed by atoms with Crippen molar-refractivity contribution in [3.05, 3.63) is 41.1 Å². The lowest BCUT2D eigenvalue weighted by Gasteiger charge is -2.22. The van der Waals surface area contributed by atoms with Gasteiger partial charge in [-0.1, -0.05) is 36.1 Å². The molecular formula is C17H15N3O3S3. The van der Waals surface area contributed by atoms with Gasteiger partial charge in [0.1, 0.15) is 10.4 Å². The first kappa shape index (κ1) is 18.8. The second-order valence-electron chi connectivity index (χ2n) is 5.46. The summed E-state index contributed by atoms with van der Waals surface area (Å²) in [6, 6.07) is 4.56. The first-order valence-corrected chi connectivity index (χ1v) is 10.3. The molecular weight excluding hydrogens is 390 g/mol.